The van der Waals surface area contributed by atoms with E-state index >= 15 is 0 Å². The molecule has 0 saturated carbocycles. The summed E-state index contributed by atoms with van der Waals surface area (Å²) in [5.41, 5.74) is 5.59. The minimum Gasteiger partial charge on any atom is -0.385 e. The fourth-order valence-electron chi connectivity index (χ4n) is 1.62. The number of nitrogens with one attached hydrogen (secondary N) is 3. The zero-order chi connectivity index (χ0) is 12.3. The third-order valence-electron chi connectivity index (χ3n) is 2.51. The number of benzene rings is 1. The summed E-state index contributed by atoms with van der Waals surface area (Å²) in [6.07, 6.45) is 0.851. The van der Waals surface area contributed by atoms with E-state index in [4.69, 9.17) is 5.73 Å². The van der Waals surface area contributed by atoms with E-state index in [1.54, 1.807) is 18.2 Å². The molecule has 90 valence electrons. The number of hydrogen-bond donors (Lipinski definition) is 4. The number of anilines is 1. The van der Waals surface area contributed by atoms with Gasteiger partial charge in [0.2, 0.25) is 0 Å². The Morgan fingerprint density at radius 3 is 2.53 bits per heavy atom. The first-order valence-corrected chi connectivity index (χ1v) is 5.41. The van der Waals surface area contributed by atoms with Crippen LogP contribution in [0.4, 0.5) is 5.69 Å². The third-order valence-corrected chi connectivity index (χ3v) is 2.51. The summed E-state index contributed by atoms with van der Waals surface area (Å²) in [7, 11) is 0. The van der Waals surface area contributed by atoms with Gasteiger partial charge in [-0.15, -0.1) is 0 Å². The first-order chi connectivity index (χ1) is 8.22. The zero-order valence-electron chi connectivity index (χ0n) is 9.25. The van der Waals surface area contributed by atoms with Crippen LogP contribution in [-0.2, 0) is 0 Å². The summed E-state index contributed by atoms with van der Waals surface area (Å²) in [6, 6.07) is 5.07. The Bertz CT molecular complexity index is 629. The van der Waals surface area contributed by atoms with Crippen LogP contribution in [0, 0.1) is 0 Å². The highest BCUT2D eigenvalue weighted by atomic mass is 16.1. The Labute approximate surface area is 96.8 Å². The summed E-state index contributed by atoms with van der Waals surface area (Å²) in [5.74, 6) is 0. The highest BCUT2D eigenvalue weighted by Crippen LogP contribution is 2.12. The average molecular weight is 234 g/mol. The van der Waals surface area contributed by atoms with E-state index in [9.17, 15) is 9.59 Å². The van der Waals surface area contributed by atoms with Crippen molar-refractivity contribution in [3.63, 3.8) is 0 Å². The van der Waals surface area contributed by atoms with Gasteiger partial charge in [-0.1, -0.05) is 0 Å². The van der Waals surface area contributed by atoms with Gasteiger partial charge < -0.3 is 11.1 Å². The molecule has 6 nitrogen and oxygen atoms in total. The van der Waals surface area contributed by atoms with E-state index in [0.717, 1.165) is 18.7 Å². The van der Waals surface area contributed by atoms with Gasteiger partial charge in [0, 0.05) is 12.2 Å². The van der Waals surface area contributed by atoms with E-state index in [1.165, 1.54) is 0 Å². The summed E-state index contributed by atoms with van der Waals surface area (Å²) < 4.78 is 0. The van der Waals surface area contributed by atoms with Crippen LogP contribution in [0.1, 0.15) is 6.42 Å². The molecule has 17 heavy (non-hydrogen) atoms. The summed E-state index contributed by atoms with van der Waals surface area (Å²) in [5, 5.41) is 8.49. The molecule has 0 bridgehead atoms. The Morgan fingerprint density at radius 2 is 1.82 bits per heavy atom. The van der Waals surface area contributed by atoms with Gasteiger partial charge in [-0.05, 0) is 31.2 Å². The molecule has 2 rings (SSSR count). The molecule has 1 aromatic carbocycles. The van der Waals surface area contributed by atoms with Crippen molar-refractivity contribution in [3.8, 4) is 0 Å². The van der Waals surface area contributed by atoms with Gasteiger partial charge in [0.1, 0.15) is 0 Å². The molecule has 0 aliphatic rings. The Hall–Kier alpha value is -2.08. The van der Waals surface area contributed by atoms with Crippen LogP contribution in [0.2, 0.25) is 0 Å². The monoisotopic (exact) mass is 234 g/mol. The van der Waals surface area contributed by atoms with Gasteiger partial charge in [-0.2, -0.15) is 0 Å². The molecular weight excluding hydrogens is 220 g/mol. The molecule has 1 heterocycles. The fourth-order valence-corrected chi connectivity index (χ4v) is 1.62. The maximum atomic E-state index is 11.5. The molecule has 2 aromatic rings. The number of fused-ring (bicyclic) bond motifs is 1. The standard InChI is InChI=1S/C11H14N4O2/c12-4-1-5-13-7-2-3-8-9(6-7)11(17)15-14-10(8)16/h2-3,6,13H,1,4-5,12H2,(H,14,16)(H,15,17). The predicted octanol–water partition coefficient (Wildman–Crippen LogP) is -0.0229. The number of aromatic amines is 2. The normalized spacial score (nSPS) is 10.6. The highest BCUT2D eigenvalue weighted by molar-refractivity contribution is 5.83. The third kappa shape index (κ3) is 2.36. The molecule has 1 aromatic heterocycles. The SMILES string of the molecule is NCCCNc1ccc2c(=O)[nH][nH]c(=O)c2c1. The number of rotatable bonds is 4. The highest BCUT2D eigenvalue weighted by Gasteiger charge is 2.03. The van der Waals surface area contributed by atoms with E-state index < -0.39 is 0 Å². The predicted molar refractivity (Wildman–Crippen MR) is 67.4 cm³/mol. The lowest BCUT2D eigenvalue weighted by molar-refractivity contribution is 0.874. The van der Waals surface area contributed by atoms with Crippen molar-refractivity contribution >= 4 is 16.5 Å². The molecule has 0 saturated heterocycles. The van der Waals surface area contributed by atoms with E-state index in [0.29, 0.717) is 17.3 Å². The lowest BCUT2D eigenvalue weighted by Crippen LogP contribution is -2.19. The molecule has 0 radical (unpaired) electrons. The van der Waals surface area contributed by atoms with E-state index in [-0.39, 0.29) is 11.1 Å². The molecule has 0 amide bonds. The van der Waals surface area contributed by atoms with Crippen molar-refractivity contribution in [1.82, 2.24) is 10.2 Å². The number of hydrogen-bond acceptors (Lipinski definition) is 4. The van der Waals surface area contributed by atoms with Gasteiger partial charge in [0.05, 0.1) is 10.8 Å². The topological polar surface area (TPSA) is 104 Å². The molecule has 5 N–H and O–H groups in total. The quantitative estimate of drug-likeness (QED) is 0.558. The summed E-state index contributed by atoms with van der Waals surface area (Å²) in [6.45, 7) is 1.35. The first kappa shape index (κ1) is 11.4. The molecule has 0 spiro atoms. The van der Waals surface area contributed by atoms with Crippen molar-refractivity contribution in [2.75, 3.05) is 18.4 Å². The van der Waals surface area contributed by atoms with Crippen LogP contribution >= 0.6 is 0 Å². The second kappa shape index (κ2) is 4.84. The number of aromatic nitrogens is 2. The smallest absolute Gasteiger partial charge is 0.270 e. The molecule has 0 aliphatic heterocycles. The molecule has 0 aliphatic carbocycles. The maximum Gasteiger partial charge on any atom is 0.270 e. The maximum absolute atomic E-state index is 11.5. The Morgan fingerprint density at radius 1 is 1.12 bits per heavy atom. The minimum absolute atomic E-state index is 0.298. The zero-order valence-corrected chi connectivity index (χ0v) is 9.25. The van der Waals surface area contributed by atoms with E-state index in [2.05, 4.69) is 15.5 Å². The minimum atomic E-state index is -0.304. The first-order valence-electron chi connectivity index (χ1n) is 5.41. The van der Waals surface area contributed by atoms with Gasteiger partial charge in [0.25, 0.3) is 11.1 Å². The number of nitrogens with two attached hydrogens (primary N) is 1. The molecule has 0 unspecified atom stereocenters. The van der Waals surface area contributed by atoms with Gasteiger partial charge in [-0.3, -0.25) is 19.8 Å². The molecule has 0 atom stereocenters. The van der Waals surface area contributed by atoms with Crippen LogP contribution in [0.25, 0.3) is 10.8 Å². The van der Waals surface area contributed by atoms with Crippen LogP contribution in [0.15, 0.2) is 27.8 Å². The summed E-state index contributed by atoms with van der Waals surface area (Å²) in [4.78, 5) is 23.0. The van der Waals surface area contributed by atoms with Crippen LogP contribution in [0.5, 0.6) is 0 Å². The fraction of sp³-hybridized carbons (Fsp3) is 0.273. The second-order valence-electron chi connectivity index (χ2n) is 3.74. The van der Waals surface area contributed by atoms with Crippen molar-refractivity contribution in [3.05, 3.63) is 38.9 Å². The second-order valence-corrected chi connectivity index (χ2v) is 3.74. The van der Waals surface area contributed by atoms with Gasteiger partial charge >= 0.3 is 0 Å². The van der Waals surface area contributed by atoms with E-state index in [1.807, 2.05) is 0 Å². The van der Waals surface area contributed by atoms with Crippen LogP contribution in [-0.4, -0.2) is 23.3 Å². The Kier molecular flexibility index (Phi) is 3.24. The van der Waals surface area contributed by atoms with Gasteiger partial charge in [0.15, 0.2) is 0 Å². The average Bonchev–Trinajstić information content (AvgIpc) is 2.34. The van der Waals surface area contributed by atoms with Crippen LogP contribution in [0.3, 0.4) is 0 Å². The molecule has 0 fully saturated rings. The largest absolute Gasteiger partial charge is 0.385 e. The molecular formula is C11H14N4O2. The Balaban J connectivity index is 2.40. The molecule has 6 heteroatoms. The van der Waals surface area contributed by atoms with Crippen molar-refractivity contribution in [1.29, 1.82) is 0 Å². The van der Waals surface area contributed by atoms with Crippen molar-refractivity contribution < 1.29 is 0 Å². The lowest BCUT2D eigenvalue weighted by Gasteiger charge is -2.05. The van der Waals surface area contributed by atoms with Gasteiger partial charge in [-0.25, -0.2) is 0 Å². The van der Waals surface area contributed by atoms with Crippen molar-refractivity contribution in [2.45, 2.75) is 6.42 Å². The number of H-pyrrole nitrogens is 2. The lowest BCUT2D eigenvalue weighted by atomic mass is 10.2. The van der Waals surface area contributed by atoms with Crippen LogP contribution < -0.4 is 22.2 Å². The van der Waals surface area contributed by atoms with Crippen molar-refractivity contribution in [2.24, 2.45) is 5.73 Å². The summed E-state index contributed by atoms with van der Waals surface area (Å²) >= 11 is 0.